The van der Waals surface area contributed by atoms with Gasteiger partial charge in [-0.3, -0.25) is 14.5 Å². The number of ether oxygens (including phenoxy) is 1. The molecular formula is C19H16BrNO4S. The highest BCUT2D eigenvalue weighted by molar-refractivity contribution is 9.10. The van der Waals surface area contributed by atoms with Gasteiger partial charge in [-0.05, 0) is 70.5 Å². The summed E-state index contributed by atoms with van der Waals surface area (Å²) in [6.07, 6.45) is 1.63. The molecule has 5 nitrogen and oxygen atoms in total. The summed E-state index contributed by atoms with van der Waals surface area (Å²) in [5.41, 5.74) is 1.85. The summed E-state index contributed by atoms with van der Waals surface area (Å²) in [5, 5.41) is 9.22. The molecule has 3 rings (SSSR count). The average molecular weight is 434 g/mol. The summed E-state index contributed by atoms with van der Waals surface area (Å²) in [6.45, 7) is 2.41. The first-order valence-electron chi connectivity index (χ1n) is 7.87. The van der Waals surface area contributed by atoms with Crippen LogP contribution in [-0.4, -0.2) is 34.3 Å². The number of hydrogen-bond acceptors (Lipinski definition) is 5. The van der Waals surface area contributed by atoms with Crippen molar-refractivity contribution in [3.05, 3.63) is 63.0 Å². The lowest BCUT2D eigenvalue weighted by atomic mass is 10.2. The molecule has 1 fully saturated rings. The van der Waals surface area contributed by atoms with E-state index in [1.54, 1.807) is 18.2 Å². The third-order valence-corrected chi connectivity index (χ3v) is 5.29. The van der Waals surface area contributed by atoms with Gasteiger partial charge < -0.3 is 9.84 Å². The van der Waals surface area contributed by atoms with E-state index in [9.17, 15) is 14.7 Å². The Morgan fingerprint density at radius 3 is 2.62 bits per heavy atom. The van der Waals surface area contributed by atoms with Crippen LogP contribution in [0.15, 0.2) is 51.8 Å². The topological polar surface area (TPSA) is 66.8 Å². The van der Waals surface area contributed by atoms with Crippen LogP contribution in [0.3, 0.4) is 0 Å². The quantitative estimate of drug-likeness (QED) is 0.698. The molecule has 0 aromatic heterocycles. The van der Waals surface area contributed by atoms with Crippen molar-refractivity contribution >= 4 is 44.9 Å². The number of hydrogen-bond donors (Lipinski definition) is 1. The fraction of sp³-hybridized carbons (Fsp3) is 0.158. The molecule has 0 saturated carbocycles. The molecule has 1 N–H and O–H groups in total. The lowest BCUT2D eigenvalue weighted by Gasteiger charge is -2.13. The Balaban J connectivity index is 1.63. The number of carbonyl (C=O) groups is 2. The van der Waals surface area contributed by atoms with Crippen molar-refractivity contribution in [2.45, 2.75) is 6.92 Å². The van der Waals surface area contributed by atoms with Crippen LogP contribution >= 0.6 is 27.7 Å². The van der Waals surface area contributed by atoms with Crippen molar-refractivity contribution in [1.82, 2.24) is 4.90 Å². The highest BCUT2D eigenvalue weighted by Gasteiger charge is 2.34. The standard InChI is InChI=1S/C19H16BrNO4S/c1-12-2-5-14(6-3-12)25-9-8-21-18(23)17(26-19(21)24)11-13-4-7-16(22)15(20)10-13/h2-7,10-11,22H,8-9H2,1H3/b17-11-. The predicted octanol–water partition coefficient (Wildman–Crippen LogP) is 4.58. The van der Waals surface area contributed by atoms with Gasteiger partial charge in [-0.15, -0.1) is 0 Å². The van der Waals surface area contributed by atoms with Crippen LogP contribution in [0.1, 0.15) is 11.1 Å². The molecule has 1 saturated heterocycles. The molecule has 1 aliphatic heterocycles. The molecule has 0 radical (unpaired) electrons. The smallest absolute Gasteiger partial charge is 0.293 e. The van der Waals surface area contributed by atoms with Crippen molar-refractivity contribution in [2.24, 2.45) is 0 Å². The van der Waals surface area contributed by atoms with Gasteiger partial charge in [0.2, 0.25) is 0 Å². The van der Waals surface area contributed by atoms with E-state index in [4.69, 9.17) is 4.74 Å². The number of thioether (sulfide) groups is 1. The second-order valence-electron chi connectivity index (χ2n) is 5.71. The highest BCUT2D eigenvalue weighted by Crippen LogP contribution is 2.33. The Morgan fingerprint density at radius 1 is 1.19 bits per heavy atom. The van der Waals surface area contributed by atoms with Crippen LogP contribution < -0.4 is 4.74 Å². The minimum Gasteiger partial charge on any atom is -0.507 e. The number of phenols is 1. The molecule has 7 heteroatoms. The Kier molecular flexibility index (Phi) is 5.68. The second-order valence-corrected chi connectivity index (χ2v) is 7.55. The molecule has 1 heterocycles. The zero-order valence-corrected chi connectivity index (χ0v) is 16.3. The number of phenolic OH excluding ortho intramolecular Hbond substituents is 1. The first kappa shape index (κ1) is 18.5. The van der Waals surface area contributed by atoms with Gasteiger partial charge in [0.1, 0.15) is 18.1 Å². The first-order chi connectivity index (χ1) is 12.4. The van der Waals surface area contributed by atoms with E-state index < -0.39 is 0 Å². The molecule has 1 aliphatic rings. The second kappa shape index (κ2) is 7.97. The van der Waals surface area contributed by atoms with Gasteiger partial charge in [0.05, 0.1) is 15.9 Å². The summed E-state index contributed by atoms with van der Waals surface area (Å²) < 4.78 is 6.12. The fourth-order valence-electron chi connectivity index (χ4n) is 2.35. The number of carbonyl (C=O) groups excluding carboxylic acids is 2. The number of aromatic hydroxyl groups is 1. The number of nitrogens with zero attached hydrogens (tertiary/aromatic N) is 1. The van der Waals surface area contributed by atoms with Gasteiger partial charge in [-0.25, -0.2) is 0 Å². The van der Waals surface area contributed by atoms with Gasteiger partial charge in [0.25, 0.3) is 11.1 Å². The molecule has 2 amide bonds. The Bertz CT molecular complexity index is 880. The monoisotopic (exact) mass is 433 g/mol. The molecule has 26 heavy (non-hydrogen) atoms. The lowest BCUT2D eigenvalue weighted by molar-refractivity contribution is -0.123. The summed E-state index contributed by atoms with van der Waals surface area (Å²) in [7, 11) is 0. The molecule has 0 unspecified atom stereocenters. The lowest BCUT2D eigenvalue weighted by Crippen LogP contribution is -2.32. The van der Waals surface area contributed by atoms with Gasteiger partial charge in [-0.1, -0.05) is 23.8 Å². The number of benzene rings is 2. The molecule has 0 bridgehead atoms. The van der Waals surface area contributed by atoms with Crippen molar-refractivity contribution < 1.29 is 19.4 Å². The van der Waals surface area contributed by atoms with Gasteiger partial charge in [0.15, 0.2) is 0 Å². The third-order valence-electron chi connectivity index (χ3n) is 3.75. The fourth-order valence-corrected chi connectivity index (χ4v) is 3.61. The number of rotatable bonds is 5. The number of halogens is 1. The van der Waals surface area contributed by atoms with Crippen LogP contribution in [0.5, 0.6) is 11.5 Å². The van der Waals surface area contributed by atoms with Gasteiger partial charge >= 0.3 is 0 Å². The first-order valence-corrected chi connectivity index (χ1v) is 9.48. The Morgan fingerprint density at radius 2 is 1.92 bits per heavy atom. The number of amides is 2. The summed E-state index contributed by atoms with van der Waals surface area (Å²) >= 11 is 4.13. The molecule has 134 valence electrons. The van der Waals surface area contributed by atoms with Crippen LogP contribution in [-0.2, 0) is 4.79 Å². The normalized spacial score (nSPS) is 15.8. The SMILES string of the molecule is Cc1ccc(OCCN2C(=O)S/C(=C\c3ccc(O)c(Br)c3)C2=O)cc1. The van der Waals surface area contributed by atoms with Gasteiger partial charge in [0, 0.05) is 0 Å². The molecule has 0 aliphatic carbocycles. The average Bonchev–Trinajstić information content (AvgIpc) is 2.87. The van der Waals surface area contributed by atoms with Gasteiger partial charge in [-0.2, -0.15) is 0 Å². The van der Waals surface area contributed by atoms with E-state index >= 15 is 0 Å². The van der Waals surface area contributed by atoms with Crippen LogP contribution in [0.2, 0.25) is 0 Å². The predicted molar refractivity (Wildman–Crippen MR) is 105 cm³/mol. The number of aryl methyl sites for hydroxylation is 1. The molecule has 0 spiro atoms. The zero-order chi connectivity index (χ0) is 18.7. The molecular weight excluding hydrogens is 418 g/mol. The summed E-state index contributed by atoms with van der Waals surface area (Å²) in [4.78, 5) is 26.1. The van der Waals surface area contributed by atoms with E-state index in [0.29, 0.717) is 15.1 Å². The van der Waals surface area contributed by atoms with E-state index in [1.807, 2.05) is 31.2 Å². The molecule has 2 aromatic rings. The van der Waals surface area contributed by atoms with Crippen molar-refractivity contribution in [1.29, 1.82) is 0 Å². The van der Waals surface area contributed by atoms with Crippen molar-refractivity contribution in [2.75, 3.05) is 13.2 Å². The number of imide groups is 1. The zero-order valence-electron chi connectivity index (χ0n) is 13.9. The molecule has 0 atom stereocenters. The van der Waals surface area contributed by atoms with Crippen molar-refractivity contribution in [3.8, 4) is 11.5 Å². The Hall–Kier alpha value is -2.25. The maximum Gasteiger partial charge on any atom is 0.293 e. The van der Waals surface area contributed by atoms with Crippen LogP contribution in [0.4, 0.5) is 4.79 Å². The van der Waals surface area contributed by atoms with Crippen LogP contribution in [0, 0.1) is 6.92 Å². The molecule has 2 aromatic carbocycles. The highest BCUT2D eigenvalue weighted by atomic mass is 79.9. The third kappa shape index (κ3) is 4.28. The maximum absolute atomic E-state index is 12.5. The van der Waals surface area contributed by atoms with E-state index in [-0.39, 0.29) is 30.0 Å². The Labute approximate surface area is 163 Å². The maximum atomic E-state index is 12.5. The summed E-state index contributed by atoms with van der Waals surface area (Å²) in [5.74, 6) is 0.479. The largest absolute Gasteiger partial charge is 0.507 e. The van der Waals surface area contributed by atoms with E-state index in [0.717, 1.165) is 22.9 Å². The summed E-state index contributed by atoms with van der Waals surface area (Å²) in [6, 6.07) is 12.5. The van der Waals surface area contributed by atoms with Crippen molar-refractivity contribution in [3.63, 3.8) is 0 Å². The van der Waals surface area contributed by atoms with E-state index in [2.05, 4.69) is 15.9 Å². The minimum atomic E-state index is -0.336. The van der Waals surface area contributed by atoms with Crippen LogP contribution in [0.25, 0.3) is 6.08 Å². The van der Waals surface area contributed by atoms with E-state index in [1.165, 1.54) is 11.0 Å². The minimum absolute atomic E-state index is 0.114.